The SMILES string of the molecule is CN=C(NCCCOC)NCCCn1c(C)nc2ccccc21.I. The van der Waals surface area contributed by atoms with Gasteiger partial charge in [-0.05, 0) is 31.9 Å². The molecular weight excluding hydrogens is 417 g/mol. The number of halogens is 1. The van der Waals surface area contributed by atoms with Crippen molar-refractivity contribution in [2.24, 2.45) is 4.99 Å². The lowest BCUT2D eigenvalue weighted by molar-refractivity contribution is 0.195. The van der Waals surface area contributed by atoms with Gasteiger partial charge in [-0.2, -0.15) is 0 Å². The fraction of sp³-hybridized carbons (Fsp3) is 0.529. The van der Waals surface area contributed by atoms with Gasteiger partial charge in [-0.15, -0.1) is 24.0 Å². The summed E-state index contributed by atoms with van der Waals surface area (Å²) < 4.78 is 7.30. The zero-order valence-corrected chi connectivity index (χ0v) is 17.0. The molecule has 0 radical (unpaired) electrons. The second-order valence-electron chi connectivity index (χ2n) is 5.43. The average molecular weight is 445 g/mol. The van der Waals surface area contributed by atoms with Gasteiger partial charge in [-0.1, -0.05) is 12.1 Å². The first-order chi connectivity index (χ1) is 11.3. The Morgan fingerprint density at radius 2 is 1.92 bits per heavy atom. The number of para-hydroxylation sites is 2. The van der Waals surface area contributed by atoms with Gasteiger partial charge in [0.25, 0.3) is 0 Å². The first-order valence-corrected chi connectivity index (χ1v) is 8.11. The van der Waals surface area contributed by atoms with Gasteiger partial charge < -0.3 is 19.9 Å². The Hall–Kier alpha value is -1.35. The van der Waals surface area contributed by atoms with Gasteiger partial charge in [0.1, 0.15) is 5.82 Å². The number of hydrogen-bond acceptors (Lipinski definition) is 3. The van der Waals surface area contributed by atoms with Crippen molar-refractivity contribution in [1.82, 2.24) is 20.2 Å². The van der Waals surface area contributed by atoms with E-state index in [9.17, 15) is 0 Å². The number of methoxy groups -OCH3 is 1. The molecule has 0 saturated carbocycles. The van der Waals surface area contributed by atoms with Crippen molar-refractivity contribution in [2.45, 2.75) is 26.3 Å². The Balaban J connectivity index is 0.00000288. The molecule has 134 valence electrons. The molecule has 2 rings (SSSR count). The topological polar surface area (TPSA) is 63.5 Å². The molecule has 0 aliphatic heterocycles. The Labute approximate surface area is 161 Å². The largest absolute Gasteiger partial charge is 0.385 e. The molecule has 0 amide bonds. The van der Waals surface area contributed by atoms with Crippen molar-refractivity contribution >= 4 is 41.0 Å². The Morgan fingerprint density at radius 3 is 2.62 bits per heavy atom. The summed E-state index contributed by atoms with van der Waals surface area (Å²) in [4.78, 5) is 8.82. The summed E-state index contributed by atoms with van der Waals surface area (Å²) in [7, 11) is 3.51. The number of aryl methyl sites for hydroxylation is 2. The predicted molar refractivity (Wildman–Crippen MR) is 110 cm³/mol. The van der Waals surface area contributed by atoms with E-state index in [1.54, 1.807) is 14.2 Å². The summed E-state index contributed by atoms with van der Waals surface area (Å²) in [6.45, 7) is 5.50. The Bertz CT molecular complexity index is 641. The summed E-state index contributed by atoms with van der Waals surface area (Å²) >= 11 is 0. The van der Waals surface area contributed by atoms with Gasteiger partial charge in [-0.3, -0.25) is 4.99 Å². The van der Waals surface area contributed by atoms with Gasteiger partial charge >= 0.3 is 0 Å². The monoisotopic (exact) mass is 445 g/mol. The first kappa shape index (κ1) is 20.7. The minimum atomic E-state index is 0. The van der Waals surface area contributed by atoms with Gasteiger partial charge in [-0.25, -0.2) is 4.98 Å². The lowest BCUT2D eigenvalue weighted by Gasteiger charge is -2.12. The molecule has 0 atom stereocenters. The highest BCUT2D eigenvalue weighted by atomic mass is 127. The smallest absolute Gasteiger partial charge is 0.190 e. The van der Waals surface area contributed by atoms with Crippen LogP contribution in [0.15, 0.2) is 29.3 Å². The molecule has 0 aliphatic rings. The van der Waals surface area contributed by atoms with Crippen molar-refractivity contribution in [3.05, 3.63) is 30.1 Å². The highest BCUT2D eigenvalue weighted by molar-refractivity contribution is 14.0. The summed E-state index contributed by atoms with van der Waals surface area (Å²) in [6.07, 6.45) is 1.98. The van der Waals surface area contributed by atoms with Crippen LogP contribution in [0.5, 0.6) is 0 Å². The highest BCUT2D eigenvalue weighted by Crippen LogP contribution is 2.15. The molecule has 24 heavy (non-hydrogen) atoms. The van der Waals surface area contributed by atoms with Gasteiger partial charge in [0.05, 0.1) is 11.0 Å². The molecule has 1 heterocycles. The second kappa shape index (κ2) is 11.2. The third-order valence-electron chi connectivity index (χ3n) is 3.74. The minimum Gasteiger partial charge on any atom is -0.385 e. The maximum Gasteiger partial charge on any atom is 0.190 e. The van der Waals surface area contributed by atoms with E-state index in [0.29, 0.717) is 0 Å². The molecular formula is C17H28IN5O. The van der Waals surface area contributed by atoms with Gasteiger partial charge in [0.2, 0.25) is 0 Å². The van der Waals surface area contributed by atoms with E-state index in [2.05, 4.69) is 50.3 Å². The molecule has 0 spiro atoms. The molecule has 1 aromatic heterocycles. The molecule has 0 unspecified atom stereocenters. The number of ether oxygens (including phenoxy) is 1. The van der Waals surface area contributed by atoms with Crippen LogP contribution in [0.25, 0.3) is 11.0 Å². The number of benzene rings is 1. The van der Waals surface area contributed by atoms with Crippen molar-refractivity contribution in [1.29, 1.82) is 0 Å². The van der Waals surface area contributed by atoms with E-state index in [1.165, 1.54) is 5.52 Å². The number of aliphatic imine (C=N–C) groups is 1. The average Bonchev–Trinajstić information content (AvgIpc) is 2.89. The lowest BCUT2D eigenvalue weighted by Crippen LogP contribution is -2.38. The first-order valence-electron chi connectivity index (χ1n) is 8.11. The van der Waals surface area contributed by atoms with E-state index < -0.39 is 0 Å². The number of rotatable bonds is 8. The summed E-state index contributed by atoms with van der Waals surface area (Å²) in [5, 5.41) is 6.62. The zero-order valence-electron chi connectivity index (χ0n) is 14.7. The standard InChI is InChI=1S/C17H27N5O.HI/c1-14-21-15-8-4-5-9-16(15)22(14)12-6-10-19-17(18-2)20-11-7-13-23-3;/h4-5,8-9H,6-7,10-13H2,1-3H3,(H2,18,19,20);1H. The van der Waals surface area contributed by atoms with Crippen LogP contribution < -0.4 is 10.6 Å². The van der Waals surface area contributed by atoms with Crippen LogP contribution in [0.4, 0.5) is 0 Å². The zero-order chi connectivity index (χ0) is 16.5. The lowest BCUT2D eigenvalue weighted by atomic mass is 10.3. The molecule has 0 fully saturated rings. The van der Waals surface area contributed by atoms with E-state index in [4.69, 9.17) is 4.74 Å². The molecule has 0 aliphatic carbocycles. The van der Waals surface area contributed by atoms with Crippen LogP contribution in [-0.4, -0.2) is 49.4 Å². The number of imidazole rings is 1. The van der Waals surface area contributed by atoms with E-state index in [-0.39, 0.29) is 24.0 Å². The van der Waals surface area contributed by atoms with Crippen LogP contribution in [0, 0.1) is 6.92 Å². The van der Waals surface area contributed by atoms with Crippen LogP contribution in [0.3, 0.4) is 0 Å². The maximum atomic E-state index is 5.03. The molecule has 2 aromatic rings. The summed E-state index contributed by atoms with van der Waals surface area (Å²) in [5.74, 6) is 1.90. The van der Waals surface area contributed by atoms with Crippen LogP contribution in [-0.2, 0) is 11.3 Å². The number of fused-ring (bicyclic) bond motifs is 1. The van der Waals surface area contributed by atoms with Crippen molar-refractivity contribution in [3.8, 4) is 0 Å². The fourth-order valence-electron chi connectivity index (χ4n) is 2.57. The van der Waals surface area contributed by atoms with Gasteiger partial charge in [0.15, 0.2) is 5.96 Å². The number of nitrogens with zero attached hydrogens (tertiary/aromatic N) is 3. The molecule has 0 bridgehead atoms. The van der Waals surface area contributed by atoms with E-state index in [1.807, 2.05) is 6.07 Å². The number of aromatic nitrogens is 2. The van der Waals surface area contributed by atoms with E-state index >= 15 is 0 Å². The van der Waals surface area contributed by atoms with Gasteiger partial charge in [0, 0.05) is 40.4 Å². The Morgan fingerprint density at radius 1 is 1.21 bits per heavy atom. The number of guanidine groups is 1. The fourth-order valence-corrected chi connectivity index (χ4v) is 2.57. The summed E-state index contributed by atoms with van der Waals surface area (Å²) in [5.41, 5.74) is 2.26. The third kappa shape index (κ3) is 5.94. The third-order valence-corrected chi connectivity index (χ3v) is 3.74. The number of hydrogen-bond donors (Lipinski definition) is 2. The number of nitrogens with one attached hydrogen (secondary N) is 2. The molecule has 2 N–H and O–H groups in total. The normalized spacial score (nSPS) is 11.4. The molecule has 7 heteroatoms. The van der Waals surface area contributed by atoms with Crippen LogP contribution in [0.1, 0.15) is 18.7 Å². The second-order valence-corrected chi connectivity index (χ2v) is 5.43. The minimum absolute atomic E-state index is 0. The van der Waals surface area contributed by atoms with E-state index in [0.717, 1.165) is 56.4 Å². The van der Waals surface area contributed by atoms with Crippen molar-refractivity contribution in [3.63, 3.8) is 0 Å². The maximum absolute atomic E-state index is 5.03. The van der Waals surface area contributed by atoms with Crippen molar-refractivity contribution in [2.75, 3.05) is 33.9 Å². The highest BCUT2D eigenvalue weighted by Gasteiger charge is 2.06. The molecule has 6 nitrogen and oxygen atoms in total. The molecule has 1 aromatic carbocycles. The van der Waals surface area contributed by atoms with Crippen LogP contribution >= 0.6 is 24.0 Å². The van der Waals surface area contributed by atoms with Crippen LogP contribution in [0.2, 0.25) is 0 Å². The Kier molecular flexibility index (Phi) is 9.70. The summed E-state index contributed by atoms with van der Waals surface area (Å²) in [6, 6.07) is 8.27. The molecule has 0 saturated heterocycles. The van der Waals surface area contributed by atoms with Crippen molar-refractivity contribution < 1.29 is 4.74 Å². The quantitative estimate of drug-likeness (QED) is 0.284. The predicted octanol–water partition coefficient (Wildman–Crippen LogP) is 2.55.